The van der Waals surface area contributed by atoms with Crippen LogP contribution in [0.5, 0.6) is 0 Å². The van der Waals surface area contributed by atoms with E-state index in [0.29, 0.717) is 6.07 Å². The Bertz CT molecular complexity index is 1180. The van der Waals surface area contributed by atoms with E-state index in [1.54, 1.807) is 4.90 Å². The lowest BCUT2D eigenvalue weighted by Gasteiger charge is -2.35. The van der Waals surface area contributed by atoms with Gasteiger partial charge in [0.15, 0.2) is 5.78 Å². The summed E-state index contributed by atoms with van der Waals surface area (Å²) in [6.07, 6.45) is -4.81. The van der Waals surface area contributed by atoms with Gasteiger partial charge in [-0.3, -0.25) is 14.9 Å². The molecule has 0 N–H and O–H groups in total. The van der Waals surface area contributed by atoms with Gasteiger partial charge in [-0.2, -0.15) is 17.5 Å². The molecule has 2 aromatic rings. The van der Waals surface area contributed by atoms with Crippen molar-refractivity contribution in [2.24, 2.45) is 0 Å². The molecule has 0 radical (unpaired) electrons. The average Bonchev–Trinajstić information content (AvgIpc) is 2.72. The number of carbonyl (C=O) groups excluding carboxylic acids is 1. The van der Waals surface area contributed by atoms with Crippen LogP contribution in [-0.2, 0) is 16.2 Å². The monoisotopic (exact) mass is 491 g/mol. The number of halogens is 4. The smallest absolute Gasteiger partial charge is 0.363 e. The number of piperazine rings is 1. The Morgan fingerprint density at radius 2 is 1.72 bits per heavy atom. The standard InChI is InChI=1S/C19H17ClF3N3O5S/c1-12(27)13-2-5-17(18(10-13)26(28)29)24-6-8-25(9-7-24)32(30,31)14-3-4-16(20)15(11-14)19(21,22)23/h2-5,10-11H,6-9H2,1H3. The number of hydrogen-bond acceptors (Lipinski definition) is 6. The topological polar surface area (TPSA) is 101 Å². The van der Waals surface area contributed by atoms with Gasteiger partial charge in [0.25, 0.3) is 5.69 Å². The Balaban J connectivity index is 1.83. The number of hydrogen-bond donors (Lipinski definition) is 0. The van der Waals surface area contributed by atoms with Crippen LogP contribution in [0.15, 0.2) is 41.3 Å². The Morgan fingerprint density at radius 1 is 1.09 bits per heavy atom. The average molecular weight is 492 g/mol. The summed E-state index contributed by atoms with van der Waals surface area (Å²) >= 11 is 5.56. The van der Waals surface area contributed by atoms with Gasteiger partial charge in [0, 0.05) is 37.8 Å². The second-order valence-corrected chi connectivity index (χ2v) is 9.39. The van der Waals surface area contributed by atoms with Crippen LogP contribution in [0, 0.1) is 10.1 Å². The number of rotatable bonds is 5. The third-order valence-electron chi connectivity index (χ3n) is 5.04. The number of Topliss-reactive ketones (excluding diaryl/α,β-unsaturated/α-hetero) is 1. The fourth-order valence-corrected chi connectivity index (χ4v) is 5.03. The predicted molar refractivity (Wildman–Crippen MR) is 111 cm³/mol. The van der Waals surface area contributed by atoms with Crippen molar-refractivity contribution in [3.63, 3.8) is 0 Å². The second kappa shape index (κ2) is 8.68. The summed E-state index contributed by atoms with van der Waals surface area (Å²) < 4.78 is 66.1. The molecular weight excluding hydrogens is 475 g/mol. The van der Waals surface area contributed by atoms with Gasteiger partial charge in [0.2, 0.25) is 10.0 Å². The molecule has 1 heterocycles. The second-order valence-electron chi connectivity index (χ2n) is 7.05. The van der Waals surface area contributed by atoms with Crippen LogP contribution in [0.2, 0.25) is 5.02 Å². The van der Waals surface area contributed by atoms with Gasteiger partial charge in [-0.25, -0.2) is 8.42 Å². The molecule has 13 heteroatoms. The van der Waals surface area contributed by atoms with Gasteiger partial charge < -0.3 is 4.90 Å². The molecule has 1 aliphatic rings. The van der Waals surface area contributed by atoms with E-state index in [9.17, 15) is 36.5 Å². The molecular formula is C19H17ClF3N3O5S. The zero-order valence-corrected chi connectivity index (χ0v) is 18.2. The molecule has 172 valence electrons. The number of nitro groups is 1. The van der Waals surface area contributed by atoms with E-state index < -0.39 is 36.6 Å². The molecule has 32 heavy (non-hydrogen) atoms. The molecule has 0 aliphatic carbocycles. The quantitative estimate of drug-likeness (QED) is 0.356. The van der Waals surface area contributed by atoms with Crippen molar-refractivity contribution in [1.29, 1.82) is 0 Å². The first kappa shape index (κ1) is 24.0. The number of anilines is 1. The lowest BCUT2D eigenvalue weighted by atomic mass is 10.1. The Hall–Kier alpha value is -2.70. The van der Waals surface area contributed by atoms with E-state index in [4.69, 9.17) is 11.6 Å². The normalized spacial score (nSPS) is 15.6. The minimum absolute atomic E-state index is 0.0687. The first-order chi connectivity index (χ1) is 14.8. The molecule has 1 aliphatic heterocycles. The summed E-state index contributed by atoms with van der Waals surface area (Å²) in [4.78, 5) is 23.4. The maximum Gasteiger partial charge on any atom is 0.417 e. The third-order valence-corrected chi connectivity index (χ3v) is 7.26. The van der Waals surface area contributed by atoms with Crippen LogP contribution in [0.3, 0.4) is 0 Å². The number of benzene rings is 2. The van der Waals surface area contributed by atoms with Crippen LogP contribution < -0.4 is 4.90 Å². The zero-order chi connectivity index (χ0) is 23.8. The molecule has 8 nitrogen and oxygen atoms in total. The Kier molecular flexibility index (Phi) is 6.50. The fourth-order valence-electron chi connectivity index (χ4n) is 3.36. The predicted octanol–water partition coefficient (Wildman–Crippen LogP) is 3.98. The summed E-state index contributed by atoms with van der Waals surface area (Å²) in [6, 6.07) is 6.41. The van der Waals surface area contributed by atoms with Crippen molar-refractivity contribution < 1.29 is 31.3 Å². The largest absolute Gasteiger partial charge is 0.417 e. The molecule has 3 rings (SSSR count). The van der Waals surface area contributed by atoms with Gasteiger partial charge >= 0.3 is 6.18 Å². The van der Waals surface area contributed by atoms with E-state index in [1.165, 1.54) is 19.1 Å². The minimum atomic E-state index is -4.81. The lowest BCUT2D eigenvalue weighted by Crippen LogP contribution is -2.48. The summed E-state index contributed by atoms with van der Waals surface area (Å²) in [5, 5.41) is 10.8. The van der Waals surface area contributed by atoms with E-state index in [0.717, 1.165) is 22.5 Å². The molecule has 0 spiro atoms. The highest BCUT2D eigenvalue weighted by atomic mass is 35.5. The van der Waals surface area contributed by atoms with Gasteiger partial charge in [0.1, 0.15) is 5.69 Å². The zero-order valence-electron chi connectivity index (χ0n) is 16.6. The minimum Gasteiger partial charge on any atom is -0.363 e. The summed E-state index contributed by atoms with van der Waals surface area (Å²) in [5.41, 5.74) is -1.14. The molecule has 0 saturated carbocycles. The van der Waals surface area contributed by atoms with Crippen molar-refractivity contribution in [3.8, 4) is 0 Å². The van der Waals surface area contributed by atoms with Crippen LogP contribution in [0.4, 0.5) is 24.5 Å². The van der Waals surface area contributed by atoms with E-state index in [-0.39, 0.29) is 48.9 Å². The summed E-state index contributed by atoms with van der Waals surface area (Å²) in [6.45, 7) is 1.22. The van der Waals surface area contributed by atoms with Crippen molar-refractivity contribution in [2.45, 2.75) is 18.0 Å². The lowest BCUT2D eigenvalue weighted by molar-refractivity contribution is -0.384. The first-order valence-electron chi connectivity index (χ1n) is 9.23. The van der Waals surface area contributed by atoms with Crippen LogP contribution in [0.25, 0.3) is 0 Å². The number of alkyl halides is 3. The molecule has 0 amide bonds. The van der Waals surface area contributed by atoms with Gasteiger partial charge in [-0.1, -0.05) is 11.6 Å². The van der Waals surface area contributed by atoms with Gasteiger partial charge in [-0.15, -0.1) is 0 Å². The summed E-state index contributed by atoms with van der Waals surface area (Å²) in [7, 11) is -4.24. The molecule has 1 saturated heterocycles. The SMILES string of the molecule is CC(=O)c1ccc(N2CCN(S(=O)(=O)c3ccc(Cl)c(C(F)(F)F)c3)CC2)c([N+](=O)[O-])c1. The number of nitro benzene ring substituents is 1. The molecule has 1 fully saturated rings. The number of sulfonamides is 1. The third kappa shape index (κ3) is 4.71. The maximum atomic E-state index is 13.1. The van der Waals surface area contributed by atoms with Crippen LogP contribution in [0.1, 0.15) is 22.8 Å². The highest BCUT2D eigenvalue weighted by Crippen LogP contribution is 2.37. The van der Waals surface area contributed by atoms with E-state index in [1.807, 2.05) is 0 Å². The van der Waals surface area contributed by atoms with E-state index in [2.05, 4.69) is 0 Å². The number of carbonyl (C=O) groups is 1. The van der Waals surface area contributed by atoms with Crippen molar-refractivity contribution in [3.05, 3.63) is 62.7 Å². The van der Waals surface area contributed by atoms with Crippen LogP contribution >= 0.6 is 11.6 Å². The highest BCUT2D eigenvalue weighted by Gasteiger charge is 2.36. The summed E-state index contributed by atoms with van der Waals surface area (Å²) in [5.74, 6) is -0.336. The van der Waals surface area contributed by atoms with Gasteiger partial charge in [0.05, 0.1) is 20.4 Å². The first-order valence-corrected chi connectivity index (χ1v) is 11.1. The molecule has 2 aromatic carbocycles. The Morgan fingerprint density at radius 3 is 2.25 bits per heavy atom. The Labute approximate surface area is 186 Å². The van der Waals surface area contributed by atoms with Crippen molar-refractivity contribution in [1.82, 2.24) is 4.31 Å². The fraction of sp³-hybridized carbons (Fsp3) is 0.316. The molecule has 0 bridgehead atoms. The highest BCUT2D eigenvalue weighted by molar-refractivity contribution is 7.89. The number of ketones is 1. The van der Waals surface area contributed by atoms with Gasteiger partial charge in [-0.05, 0) is 37.3 Å². The van der Waals surface area contributed by atoms with E-state index >= 15 is 0 Å². The maximum absolute atomic E-state index is 13.1. The van der Waals surface area contributed by atoms with Crippen molar-refractivity contribution >= 4 is 38.8 Å². The molecule has 0 aromatic heterocycles. The number of nitrogens with zero attached hydrogens (tertiary/aromatic N) is 3. The van der Waals surface area contributed by atoms with Crippen LogP contribution in [-0.4, -0.2) is 49.6 Å². The van der Waals surface area contributed by atoms with Crippen molar-refractivity contribution in [2.75, 3.05) is 31.1 Å². The molecule has 0 atom stereocenters. The molecule has 0 unspecified atom stereocenters.